The number of carboxylic acids is 1. The fourth-order valence-corrected chi connectivity index (χ4v) is 3.63. The van der Waals surface area contributed by atoms with Crippen LogP contribution in [0.15, 0.2) is 6.07 Å². The maximum atomic E-state index is 12.6. The summed E-state index contributed by atoms with van der Waals surface area (Å²) < 4.78 is 0. The maximum Gasteiger partial charge on any atom is 0.326 e. The number of carbonyl (C=O) groups excluding carboxylic acids is 1. The molecule has 2 N–H and O–H groups in total. The smallest absolute Gasteiger partial charge is 0.326 e. The molecule has 0 spiro atoms. The Morgan fingerprint density at radius 2 is 2.15 bits per heavy atom. The van der Waals surface area contributed by atoms with Gasteiger partial charge in [0.2, 0.25) is 0 Å². The second-order valence-electron chi connectivity index (χ2n) is 5.85. The van der Waals surface area contributed by atoms with E-state index in [1.807, 2.05) is 6.92 Å². The molecule has 1 saturated heterocycles. The van der Waals surface area contributed by atoms with Crippen molar-refractivity contribution in [2.45, 2.75) is 51.1 Å². The molecule has 2 aliphatic rings. The number of hydrogen-bond acceptors (Lipinski definition) is 3. The maximum absolute atomic E-state index is 12.6. The summed E-state index contributed by atoms with van der Waals surface area (Å²) in [6, 6.07) is 1.04. The van der Waals surface area contributed by atoms with Crippen LogP contribution in [0.1, 0.15) is 48.3 Å². The van der Waals surface area contributed by atoms with Gasteiger partial charge >= 0.3 is 5.97 Å². The molecule has 0 radical (unpaired) electrons. The molecular weight excluding hydrogens is 258 g/mol. The minimum Gasteiger partial charge on any atom is -0.480 e. The van der Waals surface area contributed by atoms with Gasteiger partial charge in [-0.05, 0) is 38.2 Å². The Morgan fingerprint density at radius 1 is 1.40 bits per heavy atom. The van der Waals surface area contributed by atoms with E-state index in [0.29, 0.717) is 18.0 Å². The third-order valence-electron chi connectivity index (χ3n) is 4.53. The van der Waals surface area contributed by atoms with E-state index >= 15 is 0 Å². The number of aromatic amines is 1. The highest BCUT2D eigenvalue weighted by Crippen LogP contribution is 2.40. The molecule has 3 unspecified atom stereocenters. The van der Waals surface area contributed by atoms with E-state index in [-0.39, 0.29) is 11.9 Å². The van der Waals surface area contributed by atoms with Crippen LogP contribution in [0.4, 0.5) is 0 Å². The zero-order chi connectivity index (χ0) is 14.3. The van der Waals surface area contributed by atoms with E-state index in [0.717, 1.165) is 31.4 Å². The molecule has 6 nitrogen and oxygen atoms in total. The SMILES string of the molecule is Cc1cc(C(=O)N2C(C(=O)O)CC3CCCCC32)n[nH]1. The lowest BCUT2D eigenvalue weighted by molar-refractivity contribution is -0.141. The molecule has 2 fully saturated rings. The van der Waals surface area contributed by atoms with Crippen molar-refractivity contribution in [3.05, 3.63) is 17.5 Å². The highest BCUT2D eigenvalue weighted by atomic mass is 16.4. The number of aryl methyl sites for hydroxylation is 1. The number of aliphatic carboxylic acids is 1. The Balaban J connectivity index is 1.90. The van der Waals surface area contributed by atoms with Crippen LogP contribution in [0.3, 0.4) is 0 Å². The molecule has 1 saturated carbocycles. The summed E-state index contributed by atoms with van der Waals surface area (Å²) in [5, 5.41) is 16.1. The topological polar surface area (TPSA) is 86.3 Å². The van der Waals surface area contributed by atoms with Crippen molar-refractivity contribution < 1.29 is 14.7 Å². The van der Waals surface area contributed by atoms with Gasteiger partial charge in [0.05, 0.1) is 0 Å². The Labute approximate surface area is 117 Å². The number of rotatable bonds is 2. The summed E-state index contributed by atoms with van der Waals surface area (Å²) >= 11 is 0. The first-order valence-electron chi connectivity index (χ1n) is 7.15. The number of nitrogens with zero attached hydrogens (tertiary/aromatic N) is 2. The number of carboxylic acid groups (broad SMARTS) is 1. The molecule has 1 aromatic heterocycles. The number of amides is 1. The van der Waals surface area contributed by atoms with Gasteiger partial charge < -0.3 is 10.0 Å². The van der Waals surface area contributed by atoms with E-state index in [1.165, 1.54) is 0 Å². The van der Waals surface area contributed by atoms with Crippen LogP contribution in [0.25, 0.3) is 0 Å². The zero-order valence-electron chi connectivity index (χ0n) is 11.5. The summed E-state index contributed by atoms with van der Waals surface area (Å²) in [6.45, 7) is 1.83. The molecule has 3 rings (SSSR count). The van der Waals surface area contributed by atoms with Crippen LogP contribution in [0.2, 0.25) is 0 Å². The predicted octanol–water partition coefficient (Wildman–Crippen LogP) is 1.58. The Kier molecular flexibility index (Phi) is 3.23. The lowest BCUT2D eigenvalue weighted by atomic mass is 9.84. The number of carbonyl (C=O) groups is 2. The first-order valence-corrected chi connectivity index (χ1v) is 7.15. The van der Waals surface area contributed by atoms with Crippen LogP contribution in [0, 0.1) is 12.8 Å². The predicted molar refractivity (Wildman–Crippen MR) is 71.3 cm³/mol. The summed E-state index contributed by atoms with van der Waals surface area (Å²) in [5.41, 5.74) is 1.12. The van der Waals surface area contributed by atoms with Crippen molar-refractivity contribution in [2.24, 2.45) is 5.92 Å². The van der Waals surface area contributed by atoms with Crippen LogP contribution >= 0.6 is 0 Å². The third kappa shape index (κ3) is 2.09. The van der Waals surface area contributed by atoms with E-state index in [9.17, 15) is 14.7 Å². The molecule has 3 atom stereocenters. The quantitative estimate of drug-likeness (QED) is 0.859. The standard InChI is InChI=1S/C14H19N3O3/c1-8-6-10(16-15-8)13(18)17-11-5-3-2-4-9(11)7-12(17)14(19)20/h6,9,11-12H,2-5,7H2,1H3,(H,15,16)(H,19,20). The number of hydrogen-bond donors (Lipinski definition) is 2. The fourth-order valence-electron chi connectivity index (χ4n) is 3.63. The van der Waals surface area contributed by atoms with Gasteiger partial charge in [-0.15, -0.1) is 0 Å². The molecule has 0 bridgehead atoms. The van der Waals surface area contributed by atoms with Crippen molar-refractivity contribution in [1.29, 1.82) is 0 Å². The molecule has 0 aromatic carbocycles. The zero-order valence-corrected chi connectivity index (χ0v) is 11.5. The van der Waals surface area contributed by atoms with Crippen molar-refractivity contribution in [2.75, 3.05) is 0 Å². The van der Waals surface area contributed by atoms with Crippen molar-refractivity contribution in [3.63, 3.8) is 0 Å². The number of H-pyrrole nitrogens is 1. The van der Waals surface area contributed by atoms with Crippen LogP contribution in [-0.4, -0.2) is 44.2 Å². The Bertz CT molecular complexity index is 540. The molecule has 1 aromatic rings. The van der Waals surface area contributed by atoms with E-state index in [2.05, 4.69) is 10.2 Å². The molecule has 1 aliphatic carbocycles. The minimum absolute atomic E-state index is 0.0642. The summed E-state index contributed by atoms with van der Waals surface area (Å²) in [4.78, 5) is 25.7. The normalized spacial score (nSPS) is 29.2. The van der Waals surface area contributed by atoms with E-state index in [4.69, 9.17) is 0 Å². The van der Waals surface area contributed by atoms with Gasteiger partial charge in [0, 0.05) is 11.7 Å². The van der Waals surface area contributed by atoms with Crippen molar-refractivity contribution >= 4 is 11.9 Å². The van der Waals surface area contributed by atoms with Crippen LogP contribution < -0.4 is 0 Å². The Hall–Kier alpha value is -1.85. The minimum atomic E-state index is -0.903. The number of fused-ring (bicyclic) bond motifs is 1. The van der Waals surface area contributed by atoms with E-state index < -0.39 is 12.0 Å². The number of nitrogens with one attached hydrogen (secondary N) is 1. The van der Waals surface area contributed by atoms with Gasteiger partial charge in [0.1, 0.15) is 11.7 Å². The van der Waals surface area contributed by atoms with Gasteiger partial charge in [-0.25, -0.2) is 4.79 Å². The fraction of sp³-hybridized carbons (Fsp3) is 0.643. The molecule has 6 heteroatoms. The second-order valence-corrected chi connectivity index (χ2v) is 5.85. The number of aromatic nitrogens is 2. The van der Waals surface area contributed by atoms with Crippen LogP contribution in [-0.2, 0) is 4.79 Å². The highest BCUT2D eigenvalue weighted by Gasteiger charge is 2.48. The average Bonchev–Trinajstić information content (AvgIpc) is 3.01. The first-order chi connectivity index (χ1) is 9.58. The van der Waals surface area contributed by atoms with E-state index in [1.54, 1.807) is 11.0 Å². The van der Waals surface area contributed by atoms with Gasteiger partial charge in [-0.1, -0.05) is 12.8 Å². The van der Waals surface area contributed by atoms with Gasteiger partial charge in [-0.2, -0.15) is 5.10 Å². The summed E-state index contributed by atoms with van der Waals surface area (Å²) in [6.07, 6.45) is 4.71. The lowest BCUT2D eigenvalue weighted by Gasteiger charge is -2.32. The monoisotopic (exact) mass is 277 g/mol. The third-order valence-corrected chi connectivity index (χ3v) is 4.53. The van der Waals surface area contributed by atoms with Gasteiger partial charge in [0.25, 0.3) is 5.91 Å². The average molecular weight is 277 g/mol. The largest absolute Gasteiger partial charge is 0.480 e. The highest BCUT2D eigenvalue weighted by molar-refractivity contribution is 5.95. The second kappa shape index (κ2) is 4.92. The molecule has 1 aliphatic heterocycles. The number of likely N-dealkylation sites (tertiary alicyclic amines) is 1. The van der Waals surface area contributed by atoms with Crippen molar-refractivity contribution in [3.8, 4) is 0 Å². The van der Waals surface area contributed by atoms with Crippen molar-refractivity contribution in [1.82, 2.24) is 15.1 Å². The summed E-state index contributed by atoms with van der Waals surface area (Å²) in [5.74, 6) is -0.829. The Morgan fingerprint density at radius 3 is 2.80 bits per heavy atom. The molecular formula is C14H19N3O3. The lowest BCUT2D eigenvalue weighted by Crippen LogP contribution is -2.46. The molecule has 108 valence electrons. The van der Waals surface area contributed by atoms with Gasteiger partial charge in [0.15, 0.2) is 0 Å². The summed E-state index contributed by atoms with van der Waals surface area (Å²) in [7, 11) is 0. The molecule has 20 heavy (non-hydrogen) atoms. The molecule has 2 heterocycles. The van der Waals surface area contributed by atoms with Crippen LogP contribution in [0.5, 0.6) is 0 Å². The first kappa shape index (κ1) is 13.1. The van der Waals surface area contributed by atoms with Gasteiger partial charge in [-0.3, -0.25) is 9.89 Å². The molecule has 1 amide bonds.